The summed E-state index contributed by atoms with van der Waals surface area (Å²) in [5.41, 5.74) is 12.5. The van der Waals surface area contributed by atoms with E-state index in [-0.39, 0.29) is 11.7 Å². The number of allylic oxidation sites excluding steroid dienone is 4. The molecule has 0 bridgehead atoms. The van der Waals surface area contributed by atoms with Crippen molar-refractivity contribution in [3.63, 3.8) is 0 Å². The van der Waals surface area contributed by atoms with Gasteiger partial charge in [0.1, 0.15) is 0 Å². The molecule has 0 saturated heterocycles. The van der Waals surface area contributed by atoms with E-state index < -0.39 is 0 Å². The maximum Gasteiger partial charge on any atom is 0.156 e. The van der Waals surface area contributed by atoms with Crippen LogP contribution in [0.1, 0.15) is 66.3 Å². The zero-order valence-corrected chi connectivity index (χ0v) is 20.5. The second-order valence-corrected chi connectivity index (χ2v) is 9.02. The molecule has 1 atom stereocenters. The minimum Gasteiger partial charge on any atom is -0.295 e. The molecule has 0 radical (unpaired) electrons. The normalized spacial score (nSPS) is 14.0. The van der Waals surface area contributed by atoms with Gasteiger partial charge in [-0.2, -0.15) is 0 Å². The number of rotatable bonds is 10. The first-order valence-electron chi connectivity index (χ1n) is 12.3. The van der Waals surface area contributed by atoms with E-state index in [0.29, 0.717) is 6.42 Å². The largest absolute Gasteiger partial charge is 0.295 e. The van der Waals surface area contributed by atoms with Crippen molar-refractivity contribution < 1.29 is 4.79 Å². The monoisotopic (exact) mass is 456 g/mol. The van der Waals surface area contributed by atoms with E-state index in [1.54, 1.807) is 0 Å². The molecule has 0 spiro atoms. The number of carbonyl (C=O) groups is 1. The van der Waals surface area contributed by atoms with Crippen molar-refractivity contribution >= 4 is 23.5 Å². The number of carbonyl (C=O) groups excluding carboxylic acids is 1. The third-order valence-corrected chi connectivity index (χ3v) is 6.68. The summed E-state index contributed by atoms with van der Waals surface area (Å²) in [6, 6.07) is 23.6. The van der Waals surface area contributed by atoms with Crippen molar-refractivity contribution in [2.24, 2.45) is 0 Å². The molecule has 1 heteroatoms. The van der Waals surface area contributed by atoms with Crippen LogP contribution < -0.4 is 0 Å². The average Bonchev–Trinajstić information content (AvgIpc) is 3.20. The molecule has 0 amide bonds. The van der Waals surface area contributed by atoms with Crippen LogP contribution in [0.4, 0.5) is 0 Å². The molecular formula is C34H32O. The van der Waals surface area contributed by atoms with Crippen LogP contribution >= 0.6 is 0 Å². The highest BCUT2D eigenvalue weighted by atomic mass is 16.1. The second kappa shape index (κ2) is 11.5. The van der Waals surface area contributed by atoms with Gasteiger partial charge in [0.25, 0.3) is 0 Å². The van der Waals surface area contributed by atoms with Crippen LogP contribution in [0.5, 0.6) is 0 Å². The fourth-order valence-electron chi connectivity index (χ4n) is 4.68. The third-order valence-electron chi connectivity index (χ3n) is 6.68. The van der Waals surface area contributed by atoms with Crippen molar-refractivity contribution in [2.45, 2.75) is 38.5 Å². The summed E-state index contributed by atoms with van der Waals surface area (Å²) in [6.45, 7) is 9.39. The highest BCUT2D eigenvalue weighted by molar-refractivity contribution is 5.92. The Labute approximate surface area is 209 Å². The summed E-state index contributed by atoms with van der Waals surface area (Å²) < 4.78 is 0. The highest BCUT2D eigenvalue weighted by Gasteiger charge is 2.29. The number of fused-ring (bicyclic) bond motifs is 3. The molecular weight excluding hydrogens is 424 g/mol. The lowest BCUT2D eigenvalue weighted by Gasteiger charge is -2.12. The summed E-state index contributed by atoms with van der Waals surface area (Å²) in [5, 5.41) is 0. The number of ketones is 1. The van der Waals surface area contributed by atoms with Crippen molar-refractivity contribution in [3.8, 4) is 11.1 Å². The van der Waals surface area contributed by atoms with Gasteiger partial charge >= 0.3 is 0 Å². The lowest BCUT2D eigenvalue weighted by Crippen LogP contribution is -2.03. The van der Waals surface area contributed by atoms with Gasteiger partial charge in [-0.3, -0.25) is 4.79 Å². The lowest BCUT2D eigenvalue weighted by atomic mass is 9.91. The average molecular weight is 457 g/mol. The molecule has 0 aromatic heterocycles. The van der Waals surface area contributed by atoms with Crippen molar-refractivity contribution in [2.75, 3.05) is 0 Å². The Kier molecular flexibility index (Phi) is 7.93. The molecule has 3 aromatic carbocycles. The van der Waals surface area contributed by atoms with Gasteiger partial charge in [0, 0.05) is 12.3 Å². The predicted octanol–water partition coefficient (Wildman–Crippen LogP) is 9.03. The van der Waals surface area contributed by atoms with Gasteiger partial charge in [-0.15, -0.1) is 5.73 Å². The van der Waals surface area contributed by atoms with Gasteiger partial charge in [0.2, 0.25) is 0 Å². The molecule has 1 aliphatic carbocycles. The quantitative estimate of drug-likeness (QED) is 0.169. The molecule has 4 rings (SSSR count). The highest BCUT2D eigenvalue weighted by Crippen LogP contribution is 2.46. The molecule has 174 valence electrons. The number of unbranched alkanes of at least 4 members (excludes halogenated alkanes) is 2. The molecule has 0 heterocycles. The molecule has 1 nitrogen and oxygen atoms in total. The summed E-state index contributed by atoms with van der Waals surface area (Å²) >= 11 is 0. The van der Waals surface area contributed by atoms with Crippen LogP contribution in [0.2, 0.25) is 0 Å². The molecule has 0 aliphatic heterocycles. The molecule has 3 aromatic rings. The second-order valence-electron chi connectivity index (χ2n) is 9.02. The number of benzene rings is 3. The van der Waals surface area contributed by atoms with Crippen LogP contribution in [-0.4, -0.2) is 5.78 Å². The first-order valence-corrected chi connectivity index (χ1v) is 12.3. The number of hydrogen-bond donors (Lipinski definition) is 0. The maximum atomic E-state index is 12.2. The minimum absolute atomic E-state index is 0.0892. The standard InChI is InChI=1S/C34H32O/c1-4-25(3)28-20-17-26(18-21-28)13-9-7-6-8-10-14-27-19-22-32-30-15-11-12-16-31(30)34(33(32)23-27)24-29(35)5-2/h5,9-23,34H,1-2,6-8,24H2,3H3/b13-9-,14-10-. The van der Waals surface area contributed by atoms with E-state index in [0.717, 1.165) is 30.4 Å². The van der Waals surface area contributed by atoms with E-state index in [1.165, 1.54) is 39.5 Å². The Bertz CT molecular complexity index is 1330. The van der Waals surface area contributed by atoms with Crippen LogP contribution in [-0.2, 0) is 4.79 Å². The van der Waals surface area contributed by atoms with Crippen molar-refractivity contribution in [1.29, 1.82) is 0 Å². The zero-order chi connectivity index (χ0) is 24.6. The van der Waals surface area contributed by atoms with Gasteiger partial charge in [-0.05, 0) is 76.8 Å². The lowest BCUT2D eigenvalue weighted by molar-refractivity contribution is -0.114. The van der Waals surface area contributed by atoms with Crippen LogP contribution in [0.3, 0.4) is 0 Å². The maximum absolute atomic E-state index is 12.2. The Hall–Kier alpha value is -3.93. The SMILES string of the molecule is C=C=C(C)c1ccc(/C=C\CCC/C=C\c2ccc3c(c2)C(CC(=O)C=C)c2ccccc2-3)cc1. The van der Waals surface area contributed by atoms with Gasteiger partial charge in [-0.1, -0.05) is 104 Å². The topological polar surface area (TPSA) is 17.1 Å². The fourth-order valence-corrected chi connectivity index (χ4v) is 4.68. The molecule has 0 fully saturated rings. The fraction of sp³-hybridized carbons (Fsp3) is 0.176. The first-order chi connectivity index (χ1) is 17.1. The Morgan fingerprint density at radius 1 is 0.886 bits per heavy atom. The van der Waals surface area contributed by atoms with E-state index in [1.807, 2.05) is 6.92 Å². The predicted molar refractivity (Wildman–Crippen MR) is 150 cm³/mol. The molecule has 35 heavy (non-hydrogen) atoms. The van der Waals surface area contributed by atoms with Crippen molar-refractivity contribution in [1.82, 2.24) is 0 Å². The van der Waals surface area contributed by atoms with Crippen LogP contribution in [0, 0.1) is 0 Å². The zero-order valence-electron chi connectivity index (χ0n) is 20.5. The van der Waals surface area contributed by atoms with Crippen LogP contribution in [0.15, 0.2) is 104 Å². The molecule has 0 saturated carbocycles. The summed E-state index contributed by atoms with van der Waals surface area (Å²) in [5.74, 6) is 0.197. The van der Waals surface area contributed by atoms with Crippen molar-refractivity contribution in [3.05, 3.63) is 132 Å². The van der Waals surface area contributed by atoms with E-state index in [2.05, 4.69) is 110 Å². The first kappa shape index (κ1) is 24.2. The summed E-state index contributed by atoms with van der Waals surface area (Å²) in [7, 11) is 0. The van der Waals surface area contributed by atoms with Gasteiger partial charge in [-0.25, -0.2) is 0 Å². The third kappa shape index (κ3) is 5.77. The summed E-state index contributed by atoms with van der Waals surface area (Å²) in [6.07, 6.45) is 14.0. The van der Waals surface area contributed by atoms with Gasteiger partial charge < -0.3 is 0 Å². The molecule has 1 aliphatic rings. The summed E-state index contributed by atoms with van der Waals surface area (Å²) in [4.78, 5) is 12.2. The Morgan fingerprint density at radius 2 is 1.54 bits per heavy atom. The van der Waals surface area contributed by atoms with Crippen LogP contribution in [0.25, 0.3) is 28.9 Å². The minimum atomic E-state index is 0.0892. The number of hydrogen-bond acceptors (Lipinski definition) is 1. The van der Waals surface area contributed by atoms with E-state index in [9.17, 15) is 4.79 Å². The van der Waals surface area contributed by atoms with Gasteiger partial charge in [0.15, 0.2) is 5.78 Å². The van der Waals surface area contributed by atoms with Gasteiger partial charge in [0.05, 0.1) is 0 Å². The molecule has 0 N–H and O–H groups in total. The smallest absolute Gasteiger partial charge is 0.156 e. The van der Waals surface area contributed by atoms with E-state index in [4.69, 9.17) is 0 Å². The van der Waals surface area contributed by atoms with E-state index >= 15 is 0 Å². The molecule has 1 unspecified atom stereocenters. The Balaban J connectivity index is 1.34. The Morgan fingerprint density at radius 3 is 2.26 bits per heavy atom.